The number of rotatable bonds is 4. The third-order valence-corrected chi connectivity index (χ3v) is 3.06. The van der Waals surface area contributed by atoms with Crippen molar-refractivity contribution in [3.8, 4) is 0 Å². The maximum atomic E-state index is 13.4. The Bertz CT molecular complexity index is 382. The molecule has 0 fully saturated rings. The molecule has 0 bridgehead atoms. The van der Waals surface area contributed by atoms with E-state index in [9.17, 15) is 9.18 Å². The molecule has 16 heavy (non-hydrogen) atoms. The van der Waals surface area contributed by atoms with E-state index >= 15 is 0 Å². The van der Waals surface area contributed by atoms with Crippen LogP contribution in [0, 0.1) is 5.82 Å². The molecule has 1 amide bonds. The Hall–Kier alpha value is -0.610. The molecule has 2 nitrogen and oxygen atoms in total. The summed E-state index contributed by atoms with van der Waals surface area (Å²) in [5.74, 6) is -0.658. The lowest BCUT2D eigenvalue weighted by Gasteiger charge is -2.13. The summed E-state index contributed by atoms with van der Waals surface area (Å²) in [6, 6.07) is 4.20. The summed E-state index contributed by atoms with van der Waals surface area (Å²) < 4.78 is 14.0. The molecule has 0 spiro atoms. The van der Waals surface area contributed by atoms with Crippen molar-refractivity contribution < 1.29 is 9.18 Å². The van der Waals surface area contributed by atoms with Crippen molar-refractivity contribution in [2.45, 2.75) is 19.4 Å². The maximum Gasteiger partial charge on any atom is 0.254 e. The normalized spacial score (nSPS) is 12.2. The van der Waals surface area contributed by atoms with Gasteiger partial charge in [-0.2, -0.15) is 0 Å². The summed E-state index contributed by atoms with van der Waals surface area (Å²) in [7, 11) is 0. The van der Waals surface area contributed by atoms with Gasteiger partial charge in [0.15, 0.2) is 0 Å². The Morgan fingerprint density at radius 3 is 2.81 bits per heavy atom. The number of benzene rings is 1. The Labute approximate surface area is 107 Å². The SMILES string of the molecule is CCC(CCl)NC(=O)c1ccc(Br)cc1F. The fourth-order valence-corrected chi connectivity index (χ4v) is 1.82. The van der Waals surface area contributed by atoms with Crippen molar-refractivity contribution in [3.63, 3.8) is 0 Å². The second-order valence-corrected chi connectivity index (χ2v) is 4.58. The van der Waals surface area contributed by atoms with Crippen LogP contribution in [0.2, 0.25) is 0 Å². The fourth-order valence-electron chi connectivity index (χ4n) is 1.19. The highest BCUT2D eigenvalue weighted by atomic mass is 79.9. The lowest BCUT2D eigenvalue weighted by Crippen LogP contribution is -2.36. The molecule has 5 heteroatoms. The summed E-state index contributed by atoms with van der Waals surface area (Å²) in [6.07, 6.45) is 0.716. The minimum Gasteiger partial charge on any atom is -0.348 e. The van der Waals surface area contributed by atoms with Crippen molar-refractivity contribution in [2.75, 3.05) is 5.88 Å². The molecule has 0 saturated heterocycles. The second kappa shape index (κ2) is 6.21. The van der Waals surface area contributed by atoms with E-state index in [1.54, 1.807) is 6.07 Å². The molecule has 1 atom stereocenters. The van der Waals surface area contributed by atoms with Crippen LogP contribution in [0.5, 0.6) is 0 Å². The molecule has 1 unspecified atom stereocenters. The van der Waals surface area contributed by atoms with Crippen molar-refractivity contribution in [3.05, 3.63) is 34.1 Å². The number of amides is 1. The Morgan fingerprint density at radius 1 is 1.62 bits per heavy atom. The number of hydrogen-bond donors (Lipinski definition) is 1. The van der Waals surface area contributed by atoms with Gasteiger partial charge in [-0.15, -0.1) is 11.6 Å². The van der Waals surface area contributed by atoms with Crippen LogP contribution in [0.4, 0.5) is 4.39 Å². The van der Waals surface area contributed by atoms with Gasteiger partial charge < -0.3 is 5.32 Å². The first-order chi connectivity index (χ1) is 7.58. The van der Waals surface area contributed by atoms with Crippen LogP contribution in [0.15, 0.2) is 22.7 Å². The van der Waals surface area contributed by atoms with Gasteiger partial charge >= 0.3 is 0 Å². The number of nitrogens with one attached hydrogen (secondary N) is 1. The predicted molar refractivity (Wildman–Crippen MR) is 66.4 cm³/mol. The van der Waals surface area contributed by atoms with E-state index in [0.717, 1.165) is 0 Å². The van der Waals surface area contributed by atoms with E-state index in [4.69, 9.17) is 11.6 Å². The van der Waals surface area contributed by atoms with Crippen LogP contribution in [0.1, 0.15) is 23.7 Å². The lowest BCUT2D eigenvalue weighted by molar-refractivity contribution is 0.0935. The van der Waals surface area contributed by atoms with E-state index in [0.29, 0.717) is 16.8 Å². The van der Waals surface area contributed by atoms with Gasteiger partial charge in [0.05, 0.1) is 5.56 Å². The molecular weight excluding hydrogens is 296 g/mol. The van der Waals surface area contributed by atoms with Crippen molar-refractivity contribution in [1.29, 1.82) is 0 Å². The molecule has 0 aliphatic heterocycles. The maximum absolute atomic E-state index is 13.4. The Balaban J connectivity index is 2.80. The first-order valence-electron chi connectivity index (χ1n) is 4.90. The standard InChI is InChI=1S/C11H12BrClFNO/c1-2-8(6-13)15-11(16)9-4-3-7(12)5-10(9)14/h3-5,8H,2,6H2,1H3,(H,15,16). The molecule has 0 aliphatic carbocycles. The second-order valence-electron chi connectivity index (χ2n) is 3.36. The van der Waals surface area contributed by atoms with Crippen LogP contribution in [-0.2, 0) is 0 Å². The number of hydrogen-bond acceptors (Lipinski definition) is 1. The minimum absolute atomic E-state index is 0.0340. The summed E-state index contributed by atoms with van der Waals surface area (Å²) in [4.78, 5) is 11.7. The minimum atomic E-state index is -0.545. The molecule has 1 aromatic carbocycles. The smallest absolute Gasteiger partial charge is 0.254 e. The molecule has 0 aromatic heterocycles. The van der Waals surface area contributed by atoms with E-state index in [1.807, 2.05) is 6.92 Å². The predicted octanol–water partition coefficient (Wildman–Crippen LogP) is 3.34. The monoisotopic (exact) mass is 307 g/mol. The van der Waals surface area contributed by atoms with Crippen LogP contribution >= 0.6 is 27.5 Å². The van der Waals surface area contributed by atoms with E-state index in [1.165, 1.54) is 12.1 Å². The van der Waals surface area contributed by atoms with E-state index < -0.39 is 11.7 Å². The van der Waals surface area contributed by atoms with Crippen molar-refractivity contribution >= 4 is 33.4 Å². The molecule has 1 rings (SSSR count). The fraction of sp³-hybridized carbons (Fsp3) is 0.364. The topological polar surface area (TPSA) is 29.1 Å². The van der Waals surface area contributed by atoms with Gasteiger partial charge in [0.2, 0.25) is 0 Å². The van der Waals surface area contributed by atoms with Crippen LogP contribution in [-0.4, -0.2) is 17.8 Å². The third-order valence-electron chi connectivity index (χ3n) is 2.19. The summed E-state index contributed by atoms with van der Waals surface area (Å²) in [5, 5.41) is 2.67. The highest BCUT2D eigenvalue weighted by Gasteiger charge is 2.14. The zero-order valence-corrected chi connectivity index (χ0v) is 11.1. The van der Waals surface area contributed by atoms with E-state index in [-0.39, 0.29) is 11.6 Å². The molecule has 1 aromatic rings. The third kappa shape index (κ3) is 3.46. The number of carbonyl (C=O) groups excluding carboxylic acids is 1. The van der Waals surface area contributed by atoms with Crippen LogP contribution in [0.3, 0.4) is 0 Å². The molecular formula is C11H12BrClFNO. The van der Waals surface area contributed by atoms with Crippen LogP contribution < -0.4 is 5.32 Å². The first-order valence-corrected chi connectivity index (χ1v) is 6.23. The quantitative estimate of drug-likeness (QED) is 0.849. The Kier molecular flexibility index (Phi) is 5.22. The number of halogens is 3. The van der Waals surface area contributed by atoms with Gasteiger partial charge in [-0.3, -0.25) is 4.79 Å². The van der Waals surface area contributed by atoms with Gasteiger partial charge in [0.25, 0.3) is 5.91 Å². The van der Waals surface area contributed by atoms with Crippen molar-refractivity contribution in [1.82, 2.24) is 5.32 Å². The van der Waals surface area contributed by atoms with Gasteiger partial charge in [-0.1, -0.05) is 22.9 Å². The van der Waals surface area contributed by atoms with Gasteiger partial charge in [-0.25, -0.2) is 4.39 Å². The average Bonchev–Trinajstić information content (AvgIpc) is 2.25. The highest BCUT2D eigenvalue weighted by Crippen LogP contribution is 2.15. The van der Waals surface area contributed by atoms with Gasteiger partial charge in [-0.05, 0) is 24.6 Å². The Morgan fingerprint density at radius 2 is 2.31 bits per heavy atom. The van der Waals surface area contributed by atoms with Crippen LogP contribution in [0.25, 0.3) is 0 Å². The molecule has 1 N–H and O–H groups in total. The van der Waals surface area contributed by atoms with Crippen molar-refractivity contribution in [2.24, 2.45) is 0 Å². The van der Waals surface area contributed by atoms with Gasteiger partial charge in [0, 0.05) is 16.4 Å². The molecule has 0 radical (unpaired) electrons. The zero-order valence-electron chi connectivity index (χ0n) is 8.77. The van der Waals surface area contributed by atoms with Gasteiger partial charge in [0.1, 0.15) is 5.82 Å². The molecule has 88 valence electrons. The van der Waals surface area contributed by atoms with E-state index in [2.05, 4.69) is 21.2 Å². The number of carbonyl (C=O) groups is 1. The molecule has 0 saturated carbocycles. The summed E-state index contributed by atoms with van der Waals surface area (Å²) in [5.41, 5.74) is 0.0340. The largest absolute Gasteiger partial charge is 0.348 e. The average molecular weight is 309 g/mol. The lowest BCUT2D eigenvalue weighted by atomic mass is 10.1. The number of alkyl halides is 1. The highest BCUT2D eigenvalue weighted by molar-refractivity contribution is 9.10. The molecule has 0 aliphatic rings. The summed E-state index contributed by atoms with van der Waals surface area (Å²) in [6.45, 7) is 1.91. The summed E-state index contributed by atoms with van der Waals surface area (Å²) >= 11 is 8.78. The first kappa shape index (κ1) is 13.5. The zero-order chi connectivity index (χ0) is 12.1. The molecule has 0 heterocycles.